The molecule has 0 aliphatic carbocycles. The Morgan fingerprint density at radius 1 is 1.21 bits per heavy atom. The van der Waals surface area contributed by atoms with Gasteiger partial charge in [0.2, 0.25) is 0 Å². The van der Waals surface area contributed by atoms with Crippen molar-refractivity contribution in [2.45, 2.75) is 13.8 Å². The highest BCUT2D eigenvalue weighted by atomic mass is 32.1. The van der Waals surface area contributed by atoms with Gasteiger partial charge in [0.25, 0.3) is 5.91 Å². The first-order valence-corrected chi connectivity index (χ1v) is 7.95. The smallest absolute Gasteiger partial charge is 0.257 e. The minimum atomic E-state index is -0.385. The monoisotopic (exact) mass is 346 g/mol. The van der Waals surface area contributed by atoms with Gasteiger partial charge in [0.05, 0.1) is 6.61 Å². The number of hydrogen-bond acceptors (Lipinski definition) is 3. The largest absolute Gasteiger partial charge is 0.493 e. The Morgan fingerprint density at radius 2 is 1.96 bits per heavy atom. The highest BCUT2D eigenvalue weighted by molar-refractivity contribution is 7.80. The summed E-state index contributed by atoms with van der Waals surface area (Å²) in [6.07, 6.45) is 0. The van der Waals surface area contributed by atoms with E-state index >= 15 is 0 Å². The lowest BCUT2D eigenvalue weighted by Crippen LogP contribution is -2.34. The Morgan fingerprint density at radius 3 is 2.67 bits per heavy atom. The number of hydrogen-bond donors (Lipinski definition) is 2. The van der Waals surface area contributed by atoms with Gasteiger partial charge < -0.3 is 10.1 Å². The molecular weight excluding hydrogens is 327 g/mol. The van der Waals surface area contributed by atoms with Gasteiger partial charge in [-0.2, -0.15) is 0 Å². The Hall–Kier alpha value is -2.47. The van der Waals surface area contributed by atoms with E-state index in [0.717, 1.165) is 0 Å². The molecule has 0 saturated heterocycles. The second-order valence-electron chi connectivity index (χ2n) is 5.65. The first-order chi connectivity index (χ1) is 11.4. The maximum absolute atomic E-state index is 13.1. The number of amides is 1. The predicted octanol–water partition coefficient (Wildman–Crippen LogP) is 3.99. The van der Waals surface area contributed by atoms with Crippen molar-refractivity contribution in [1.82, 2.24) is 5.32 Å². The first-order valence-electron chi connectivity index (χ1n) is 7.55. The molecule has 4 nitrogen and oxygen atoms in total. The maximum Gasteiger partial charge on any atom is 0.257 e. The Kier molecular flexibility index (Phi) is 6.26. The molecule has 2 N–H and O–H groups in total. The summed E-state index contributed by atoms with van der Waals surface area (Å²) in [6.45, 7) is 4.67. The maximum atomic E-state index is 13.1. The number of carbonyl (C=O) groups is 1. The predicted molar refractivity (Wildman–Crippen MR) is 96.9 cm³/mol. The van der Waals surface area contributed by atoms with Crippen molar-refractivity contribution in [3.63, 3.8) is 0 Å². The van der Waals surface area contributed by atoms with E-state index in [0.29, 0.717) is 29.5 Å². The molecule has 0 aliphatic heterocycles. The van der Waals surface area contributed by atoms with Gasteiger partial charge >= 0.3 is 0 Å². The van der Waals surface area contributed by atoms with Gasteiger partial charge in [0.1, 0.15) is 11.6 Å². The summed E-state index contributed by atoms with van der Waals surface area (Å²) in [5.41, 5.74) is 0.897. The van der Waals surface area contributed by atoms with Crippen molar-refractivity contribution >= 4 is 28.9 Å². The van der Waals surface area contributed by atoms with Crippen LogP contribution in [0.25, 0.3) is 0 Å². The summed E-state index contributed by atoms with van der Waals surface area (Å²) < 4.78 is 18.7. The van der Waals surface area contributed by atoms with E-state index < -0.39 is 0 Å². The molecule has 0 fully saturated rings. The molecule has 126 valence electrons. The summed E-state index contributed by atoms with van der Waals surface area (Å²) in [7, 11) is 0. The van der Waals surface area contributed by atoms with Crippen LogP contribution in [-0.4, -0.2) is 17.6 Å². The molecule has 0 aliphatic rings. The molecule has 2 aromatic rings. The average Bonchev–Trinajstić information content (AvgIpc) is 2.53. The zero-order valence-electron chi connectivity index (χ0n) is 13.5. The van der Waals surface area contributed by atoms with Crippen molar-refractivity contribution in [3.05, 3.63) is 59.9 Å². The number of ether oxygens (including phenoxy) is 1. The number of thiocarbonyl (C=S) groups is 1. The Balaban J connectivity index is 1.96. The lowest BCUT2D eigenvalue weighted by molar-refractivity contribution is 0.0977. The minimum absolute atomic E-state index is 0.0964. The van der Waals surface area contributed by atoms with Crippen LogP contribution in [0, 0.1) is 11.7 Å². The van der Waals surface area contributed by atoms with Crippen molar-refractivity contribution in [2.75, 3.05) is 11.9 Å². The Labute approximate surface area is 146 Å². The van der Waals surface area contributed by atoms with Crippen molar-refractivity contribution < 1.29 is 13.9 Å². The molecule has 0 aromatic heterocycles. The molecule has 1 amide bonds. The van der Waals surface area contributed by atoms with Crippen LogP contribution in [0.5, 0.6) is 5.75 Å². The highest BCUT2D eigenvalue weighted by Gasteiger charge is 2.09. The summed E-state index contributed by atoms with van der Waals surface area (Å²) in [4.78, 5) is 12.2. The number of halogens is 1. The SMILES string of the molecule is CC(C)COc1cccc(C(=O)NC(=S)Nc2cccc(F)c2)c1. The Bertz CT molecular complexity index is 734. The normalized spacial score (nSPS) is 10.3. The summed E-state index contributed by atoms with van der Waals surface area (Å²) in [6, 6.07) is 12.7. The molecule has 0 heterocycles. The second-order valence-corrected chi connectivity index (χ2v) is 6.06. The molecule has 0 saturated carbocycles. The highest BCUT2D eigenvalue weighted by Crippen LogP contribution is 2.14. The molecule has 0 atom stereocenters. The summed E-state index contributed by atoms with van der Waals surface area (Å²) in [5.74, 6) is 0.272. The zero-order chi connectivity index (χ0) is 17.5. The van der Waals surface area contributed by atoms with Gasteiger partial charge in [-0.1, -0.05) is 26.0 Å². The average molecular weight is 346 g/mol. The van der Waals surface area contributed by atoms with Crippen LogP contribution in [0.4, 0.5) is 10.1 Å². The molecule has 24 heavy (non-hydrogen) atoms. The molecule has 0 bridgehead atoms. The van der Waals surface area contributed by atoms with Crippen LogP contribution in [-0.2, 0) is 0 Å². The molecular formula is C18H19FN2O2S. The summed E-state index contributed by atoms with van der Waals surface area (Å²) in [5, 5.41) is 5.42. The van der Waals surface area contributed by atoms with E-state index in [4.69, 9.17) is 17.0 Å². The number of rotatable bonds is 5. The number of benzene rings is 2. The summed E-state index contributed by atoms with van der Waals surface area (Å²) >= 11 is 5.08. The molecule has 6 heteroatoms. The van der Waals surface area contributed by atoms with Gasteiger partial charge in [-0.25, -0.2) is 4.39 Å². The third-order valence-electron chi connectivity index (χ3n) is 2.99. The van der Waals surface area contributed by atoms with Gasteiger partial charge in [0, 0.05) is 11.3 Å². The minimum Gasteiger partial charge on any atom is -0.493 e. The van der Waals surface area contributed by atoms with Gasteiger partial charge in [0.15, 0.2) is 5.11 Å². The standard InChI is InChI=1S/C18H19FN2O2S/c1-12(2)11-23-16-8-3-5-13(9-16)17(22)21-18(24)20-15-7-4-6-14(19)10-15/h3-10,12H,11H2,1-2H3,(H2,20,21,22,24). The fourth-order valence-corrected chi connectivity index (χ4v) is 2.10. The van der Waals surface area contributed by atoms with E-state index in [1.54, 1.807) is 36.4 Å². The van der Waals surface area contributed by atoms with Crippen LogP contribution in [0.15, 0.2) is 48.5 Å². The van der Waals surface area contributed by atoms with E-state index in [2.05, 4.69) is 10.6 Å². The van der Waals surface area contributed by atoms with Crippen LogP contribution in [0.1, 0.15) is 24.2 Å². The fraction of sp³-hybridized carbons (Fsp3) is 0.222. The van der Waals surface area contributed by atoms with Gasteiger partial charge in [-0.3, -0.25) is 10.1 Å². The van der Waals surface area contributed by atoms with Crippen molar-refractivity contribution in [2.24, 2.45) is 5.92 Å². The quantitative estimate of drug-likeness (QED) is 0.804. The van der Waals surface area contributed by atoms with Crippen LogP contribution < -0.4 is 15.4 Å². The lowest BCUT2D eigenvalue weighted by Gasteiger charge is -2.11. The van der Waals surface area contributed by atoms with E-state index in [1.807, 2.05) is 13.8 Å². The second kappa shape index (κ2) is 8.40. The number of anilines is 1. The van der Waals surface area contributed by atoms with Crippen molar-refractivity contribution in [1.29, 1.82) is 0 Å². The van der Waals surface area contributed by atoms with Gasteiger partial charge in [-0.15, -0.1) is 0 Å². The third-order valence-corrected chi connectivity index (χ3v) is 3.19. The van der Waals surface area contributed by atoms with E-state index in [1.165, 1.54) is 12.1 Å². The zero-order valence-corrected chi connectivity index (χ0v) is 14.3. The molecule has 2 aromatic carbocycles. The molecule has 0 unspecified atom stereocenters. The fourth-order valence-electron chi connectivity index (χ4n) is 1.89. The van der Waals surface area contributed by atoms with E-state index in [-0.39, 0.29) is 16.8 Å². The topological polar surface area (TPSA) is 50.4 Å². The number of nitrogens with one attached hydrogen (secondary N) is 2. The van der Waals surface area contributed by atoms with Crippen molar-refractivity contribution in [3.8, 4) is 5.75 Å². The first kappa shape index (κ1) is 17.9. The van der Waals surface area contributed by atoms with Crippen LogP contribution in [0.2, 0.25) is 0 Å². The van der Waals surface area contributed by atoms with E-state index in [9.17, 15) is 9.18 Å². The van der Waals surface area contributed by atoms with Crippen LogP contribution in [0.3, 0.4) is 0 Å². The molecule has 0 spiro atoms. The van der Waals surface area contributed by atoms with Gasteiger partial charge in [-0.05, 0) is 54.5 Å². The molecule has 2 rings (SSSR count). The number of carbonyl (C=O) groups excluding carboxylic acids is 1. The van der Waals surface area contributed by atoms with Crippen LogP contribution >= 0.6 is 12.2 Å². The third kappa shape index (κ3) is 5.62. The lowest BCUT2D eigenvalue weighted by atomic mass is 10.2. The molecule has 0 radical (unpaired) electrons.